The second-order valence-electron chi connectivity index (χ2n) is 4.52. The lowest BCUT2D eigenvalue weighted by Crippen LogP contribution is -2.37. The van der Waals surface area contributed by atoms with Gasteiger partial charge in [-0.3, -0.25) is 9.78 Å². The van der Waals surface area contributed by atoms with Crippen molar-refractivity contribution in [2.45, 2.75) is 26.0 Å². The van der Waals surface area contributed by atoms with Crippen LogP contribution < -0.4 is 10.1 Å². The van der Waals surface area contributed by atoms with Crippen LogP contribution in [0.25, 0.3) is 0 Å². The first-order valence-electron chi connectivity index (χ1n) is 6.78. The Hall–Kier alpha value is -2.43. The van der Waals surface area contributed by atoms with Gasteiger partial charge in [0, 0.05) is 18.9 Å². The molecule has 21 heavy (non-hydrogen) atoms. The van der Waals surface area contributed by atoms with Gasteiger partial charge in [0.05, 0.1) is 0 Å². The largest absolute Gasteiger partial charge is 0.478 e. The van der Waals surface area contributed by atoms with Crippen molar-refractivity contribution in [2.75, 3.05) is 0 Å². The summed E-state index contributed by atoms with van der Waals surface area (Å²) in [6.07, 6.45) is 3.08. The van der Waals surface area contributed by atoms with Gasteiger partial charge in [-0.25, -0.2) is 4.39 Å². The maximum absolute atomic E-state index is 13.5. The van der Waals surface area contributed by atoms with Gasteiger partial charge in [-0.1, -0.05) is 25.1 Å². The molecule has 0 aliphatic heterocycles. The molecule has 2 rings (SSSR count). The molecule has 0 radical (unpaired) electrons. The van der Waals surface area contributed by atoms with Gasteiger partial charge in [-0.2, -0.15) is 0 Å². The van der Waals surface area contributed by atoms with Crippen LogP contribution in [0.3, 0.4) is 0 Å². The first-order chi connectivity index (χ1) is 10.2. The molecule has 0 saturated carbocycles. The third kappa shape index (κ3) is 4.27. The van der Waals surface area contributed by atoms with Gasteiger partial charge >= 0.3 is 0 Å². The van der Waals surface area contributed by atoms with Crippen LogP contribution in [-0.4, -0.2) is 17.0 Å². The maximum Gasteiger partial charge on any atom is 0.261 e. The number of aromatic nitrogens is 1. The van der Waals surface area contributed by atoms with Crippen LogP contribution in [0.2, 0.25) is 0 Å². The first-order valence-corrected chi connectivity index (χ1v) is 6.78. The molecule has 1 amide bonds. The van der Waals surface area contributed by atoms with E-state index in [-0.39, 0.29) is 11.7 Å². The Kier molecular flexibility index (Phi) is 5.26. The molecule has 1 heterocycles. The number of benzene rings is 1. The lowest BCUT2D eigenvalue weighted by molar-refractivity contribution is -0.128. The van der Waals surface area contributed by atoms with Gasteiger partial charge in [0.15, 0.2) is 17.7 Å². The van der Waals surface area contributed by atoms with Gasteiger partial charge in [0.25, 0.3) is 5.91 Å². The molecular formula is C16H17FN2O2. The quantitative estimate of drug-likeness (QED) is 0.889. The van der Waals surface area contributed by atoms with Gasteiger partial charge in [0.1, 0.15) is 0 Å². The van der Waals surface area contributed by atoms with E-state index >= 15 is 0 Å². The lowest BCUT2D eigenvalue weighted by Gasteiger charge is -2.17. The highest BCUT2D eigenvalue weighted by Crippen LogP contribution is 2.18. The fourth-order valence-corrected chi connectivity index (χ4v) is 1.82. The highest BCUT2D eigenvalue weighted by Gasteiger charge is 2.19. The van der Waals surface area contributed by atoms with Crippen molar-refractivity contribution < 1.29 is 13.9 Å². The molecule has 110 valence electrons. The van der Waals surface area contributed by atoms with Gasteiger partial charge < -0.3 is 10.1 Å². The number of pyridine rings is 1. The molecule has 1 unspecified atom stereocenters. The zero-order valence-corrected chi connectivity index (χ0v) is 11.8. The van der Waals surface area contributed by atoms with Gasteiger partial charge in [0.2, 0.25) is 0 Å². The van der Waals surface area contributed by atoms with E-state index < -0.39 is 11.9 Å². The normalized spacial score (nSPS) is 11.7. The van der Waals surface area contributed by atoms with Crippen LogP contribution in [-0.2, 0) is 11.3 Å². The summed E-state index contributed by atoms with van der Waals surface area (Å²) in [4.78, 5) is 16.1. The molecule has 2 aromatic rings. The van der Waals surface area contributed by atoms with E-state index in [9.17, 15) is 9.18 Å². The Morgan fingerprint density at radius 3 is 2.81 bits per heavy atom. The van der Waals surface area contributed by atoms with E-state index in [0.717, 1.165) is 5.56 Å². The lowest BCUT2D eigenvalue weighted by atomic mass is 10.2. The van der Waals surface area contributed by atoms with Crippen molar-refractivity contribution in [3.05, 3.63) is 60.2 Å². The minimum atomic E-state index is -0.724. The molecule has 0 saturated heterocycles. The maximum atomic E-state index is 13.5. The second kappa shape index (κ2) is 7.38. The number of carbonyl (C=O) groups is 1. The van der Waals surface area contributed by atoms with E-state index in [0.29, 0.717) is 13.0 Å². The molecule has 0 aliphatic carbocycles. The molecule has 0 aliphatic rings. The molecule has 1 atom stereocenters. The minimum absolute atomic E-state index is 0.0841. The van der Waals surface area contributed by atoms with Crippen molar-refractivity contribution in [1.82, 2.24) is 10.3 Å². The van der Waals surface area contributed by atoms with Crippen molar-refractivity contribution in [1.29, 1.82) is 0 Å². The van der Waals surface area contributed by atoms with Crippen LogP contribution in [0.1, 0.15) is 18.9 Å². The summed E-state index contributed by atoms with van der Waals surface area (Å²) in [7, 11) is 0. The van der Waals surface area contributed by atoms with E-state index in [2.05, 4.69) is 10.3 Å². The summed E-state index contributed by atoms with van der Waals surface area (Å²) >= 11 is 0. The van der Waals surface area contributed by atoms with Crippen LogP contribution >= 0.6 is 0 Å². The third-order valence-electron chi connectivity index (χ3n) is 2.96. The minimum Gasteiger partial charge on any atom is -0.478 e. The van der Waals surface area contributed by atoms with Crippen molar-refractivity contribution >= 4 is 5.91 Å². The first kappa shape index (κ1) is 15.0. The van der Waals surface area contributed by atoms with Crippen LogP contribution in [0.5, 0.6) is 5.75 Å². The Morgan fingerprint density at radius 1 is 1.33 bits per heavy atom. The predicted molar refractivity (Wildman–Crippen MR) is 77.2 cm³/mol. The fraction of sp³-hybridized carbons (Fsp3) is 0.250. The average Bonchev–Trinajstić information content (AvgIpc) is 2.53. The Balaban J connectivity index is 1.94. The SMILES string of the molecule is CCC(Oc1ccccc1F)C(=O)NCc1cccnc1. The van der Waals surface area contributed by atoms with E-state index in [1.54, 1.807) is 30.6 Å². The highest BCUT2D eigenvalue weighted by molar-refractivity contribution is 5.81. The number of halogens is 1. The van der Waals surface area contributed by atoms with E-state index in [1.165, 1.54) is 12.1 Å². The molecule has 4 nitrogen and oxygen atoms in total. The molecule has 5 heteroatoms. The number of rotatable bonds is 6. The Morgan fingerprint density at radius 2 is 2.14 bits per heavy atom. The number of ether oxygens (including phenoxy) is 1. The summed E-state index contributed by atoms with van der Waals surface area (Å²) in [5, 5.41) is 2.76. The molecular weight excluding hydrogens is 271 g/mol. The number of hydrogen-bond donors (Lipinski definition) is 1. The number of nitrogens with one attached hydrogen (secondary N) is 1. The summed E-state index contributed by atoms with van der Waals surface area (Å²) < 4.78 is 19.0. The number of nitrogens with zero attached hydrogens (tertiary/aromatic N) is 1. The van der Waals surface area contributed by atoms with Crippen LogP contribution in [0, 0.1) is 5.82 Å². The summed E-state index contributed by atoms with van der Waals surface area (Å²) in [6.45, 7) is 2.18. The predicted octanol–water partition coefficient (Wildman–Crippen LogP) is 2.69. The molecule has 0 bridgehead atoms. The van der Waals surface area contributed by atoms with Crippen molar-refractivity contribution in [3.8, 4) is 5.75 Å². The van der Waals surface area contributed by atoms with Crippen LogP contribution in [0.15, 0.2) is 48.8 Å². The molecule has 1 aromatic carbocycles. The Bertz CT molecular complexity index is 590. The monoisotopic (exact) mass is 288 g/mol. The van der Waals surface area contributed by atoms with E-state index in [1.807, 2.05) is 13.0 Å². The summed E-state index contributed by atoms with van der Waals surface area (Å²) in [5.41, 5.74) is 0.895. The molecule has 0 spiro atoms. The van der Waals surface area contributed by atoms with E-state index in [4.69, 9.17) is 4.74 Å². The standard InChI is InChI=1S/C16H17FN2O2/c1-2-14(21-15-8-4-3-7-13(15)17)16(20)19-11-12-6-5-9-18-10-12/h3-10,14H,2,11H2,1H3,(H,19,20). The topological polar surface area (TPSA) is 51.2 Å². The zero-order valence-electron chi connectivity index (χ0n) is 11.8. The molecule has 1 aromatic heterocycles. The smallest absolute Gasteiger partial charge is 0.261 e. The number of carbonyl (C=O) groups excluding carboxylic acids is 1. The Labute approximate surface area is 123 Å². The third-order valence-corrected chi connectivity index (χ3v) is 2.96. The molecule has 1 N–H and O–H groups in total. The summed E-state index contributed by atoms with van der Waals surface area (Å²) in [6, 6.07) is 9.72. The summed E-state index contributed by atoms with van der Waals surface area (Å²) in [5.74, 6) is -0.665. The average molecular weight is 288 g/mol. The van der Waals surface area contributed by atoms with Crippen molar-refractivity contribution in [3.63, 3.8) is 0 Å². The van der Waals surface area contributed by atoms with Crippen LogP contribution in [0.4, 0.5) is 4.39 Å². The highest BCUT2D eigenvalue weighted by atomic mass is 19.1. The fourth-order valence-electron chi connectivity index (χ4n) is 1.82. The zero-order chi connectivity index (χ0) is 15.1. The number of hydrogen-bond acceptors (Lipinski definition) is 3. The van der Waals surface area contributed by atoms with Crippen molar-refractivity contribution in [2.24, 2.45) is 0 Å². The van der Waals surface area contributed by atoms with Gasteiger partial charge in [-0.05, 0) is 30.2 Å². The number of para-hydroxylation sites is 1. The number of amides is 1. The van der Waals surface area contributed by atoms with Gasteiger partial charge in [-0.15, -0.1) is 0 Å². The molecule has 0 fully saturated rings. The second-order valence-corrected chi connectivity index (χ2v) is 4.52.